The molecule has 0 aliphatic heterocycles. The Morgan fingerprint density at radius 3 is 2.47 bits per heavy atom. The molecule has 0 heteroatoms. The van der Waals surface area contributed by atoms with Crippen molar-refractivity contribution in [1.82, 2.24) is 0 Å². The van der Waals surface area contributed by atoms with Crippen LogP contribution in [0.2, 0.25) is 0 Å². The summed E-state index contributed by atoms with van der Waals surface area (Å²) in [5.74, 6) is 1.33. The van der Waals surface area contributed by atoms with Crippen molar-refractivity contribution in [3.63, 3.8) is 0 Å². The van der Waals surface area contributed by atoms with E-state index in [4.69, 9.17) is 0 Å². The number of hydrogen-bond acceptors (Lipinski definition) is 0. The quantitative estimate of drug-likeness (QED) is 0.399. The van der Waals surface area contributed by atoms with Crippen LogP contribution in [0.25, 0.3) is 0 Å². The van der Waals surface area contributed by atoms with Gasteiger partial charge in [-0.3, -0.25) is 0 Å². The Labute approximate surface area is 96.5 Å². The van der Waals surface area contributed by atoms with Crippen LogP contribution in [0.1, 0.15) is 53.4 Å². The molecule has 0 saturated carbocycles. The maximum absolute atomic E-state index is 3.92. The normalized spacial score (nSPS) is 17.0. The molecular weight excluding hydrogens is 180 g/mol. The topological polar surface area (TPSA) is 0 Å². The van der Waals surface area contributed by atoms with Crippen LogP contribution in [-0.4, -0.2) is 0 Å². The van der Waals surface area contributed by atoms with Crippen LogP contribution < -0.4 is 0 Å². The minimum Gasteiger partial charge on any atom is -0.0883 e. The van der Waals surface area contributed by atoms with Gasteiger partial charge in [-0.15, -0.1) is 0 Å². The van der Waals surface area contributed by atoms with Crippen molar-refractivity contribution >= 4 is 0 Å². The fourth-order valence-corrected chi connectivity index (χ4v) is 1.87. The van der Waals surface area contributed by atoms with Crippen molar-refractivity contribution < 1.29 is 0 Å². The van der Waals surface area contributed by atoms with Crippen LogP contribution in [0.4, 0.5) is 0 Å². The van der Waals surface area contributed by atoms with Gasteiger partial charge in [-0.05, 0) is 38.5 Å². The van der Waals surface area contributed by atoms with E-state index >= 15 is 0 Å². The van der Waals surface area contributed by atoms with Crippen molar-refractivity contribution in [1.29, 1.82) is 0 Å². The second-order valence-corrected chi connectivity index (χ2v) is 4.77. The molecule has 0 aliphatic rings. The lowest BCUT2D eigenvalue weighted by Crippen LogP contribution is -1.98. The van der Waals surface area contributed by atoms with Gasteiger partial charge in [0.2, 0.25) is 0 Å². The van der Waals surface area contributed by atoms with Crippen LogP contribution in [0.3, 0.4) is 0 Å². The van der Waals surface area contributed by atoms with E-state index in [1.807, 2.05) is 0 Å². The van der Waals surface area contributed by atoms with Gasteiger partial charge in [-0.25, -0.2) is 0 Å². The number of allylic oxidation sites excluding steroid dienone is 4. The number of rotatable bonds is 7. The molecule has 0 aromatic carbocycles. The fourth-order valence-electron chi connectivity index (χ4n) is 1.87. The summed E-state index contributed by atoms with van der Waals surface area (Å²) in [6.45, 7) is 12.8. The third-order valence-corrected chi connectivity index (χ3v) is 2.50. The highest BCUT2D eigenvalue weighted by Crippen LogP contribution is 2.16. The van der Waals surface area contributed by atoms with Gasteiger partial charge in [0, 0.05) is 0 Å². The van der Waals surface area contributed by atoms with Crippen LogP contribution in [0, 0.1) is 18.8 Å². The van der Waals surface area contributed by atoms with Gasteiger partial charge in [-0.1, -0.05) is 57.4 Å². The first-order valence-corrected chi connectivity index (χ1v) is 6.23. The number of hydrogen-bond donors (Lipinski definition) is 0. The average Bonchev–Trinajstić information content (AvgIpc) is 2.10. The molecule has 0 saturated heterocycles. The minimum atomic E-state index is 0.647. The first-order valence-electron chi connectivity index (χ1n) is 6.23. The van der Waals surface area contributed by atoms with Crippen molar-refractivity contribution in [2.24, 2.45) is 11.8 Å². The maximum Gasteiger partial charge on any atom is -0.0254 e. The molecule has 0 aromatic rings. The van der Waals surface area contributed by atoms with E-state index < -0.39 is 0 Å². The third-order valence-electron chi connectivity index (χ3n) is 2.50. The summed E-state index contributed by atoms with van der Waals surface area (Å²) in [5.41, 5.74) is 1.18. The molecule has 2 unspecified atom stereocenters. The number of unbranched alkanes of at least 4 members (excludes halogenated alkanes) is 2. The van der Waals surface area contributed by atoms with E-state index in [0.717, 1.165) is 0 Å². The monoisotopic (exact) mass is 207 g/mol. The first kappa shape index (κ1) is 14.5. The predicted molar refractivity (Wildman–Crippen MR) is 70.7 cm³/mol. The second-order valence-electron chi connectivity index (χ2n) is 4.77. The van der Waals surface area contributed by atoms with Gasteiger partial charge in [-0.2, -0.15) is 0 Å². The Hall–Kier alpha value is -0.520. The highest BCUT2D eigenvalue weighted by Gasteiger charge is 2.02. The van der Waals surface area contributed by atoms with Crippen LogP contribution in [0.15, 0.2) is 23.8 Å². The van der Waals surface area contributed by atoms with Gasteiger partial charge in [0.15, 0.2) is 0 Å². The molecule has 0 fully saturated rings. The van der Waals surface area contributed by atoms with Crippen molar-refractivity contribution in [2.45, 2.75) is 53.4 Å². The SMILES string of the molecule is [CH2]C(C)=CC(C)CC(C)C=CCCCC. The summed E-state index contributed by atoms with van der Waals surface area (Å²) in [6, 6.07) is 0. The predicted octanol–water partition coefficient (Wildman–Crippen LogP) is 5.18. The molecule has 0 aromatic heterocycles. The Morgan fingerprint density at radius 1 is 1.27 bits per heavy atom. The maximum atomic E-state index is 3.92. The molecule has 0 nitrogen and oxygen atoms in total. The van der Waals surface area contributed by atoms with Gasteiger partial charge in [0.25, 0.3) is 0 Å². The van der Waals surface area contributed by atoms with Gasteiger partial charge in [0.05, 0.1) is 0 Å². The summed E-state index contributed by atoms with van der Waals surface area (Å²) in [7, 11) is 0. The highest BCUT2D eigenvalue weighted by atomic mass is 14.1. The Bertz CT molecular complexity index is 194. The summed E-state index contributed by atoms with van der Waals surface area (Å²) in [4.78, 5) is 0. The summed E-state index contributed by atoms with van der Waals surface area (Å²) >= 11 is 0. The van der Waals surface area contributed by atoms with E-state index in [-0.39, 0.29) is 0 Å². The Kier molecular flexibility index (Phi) is 8.46. The van der Waals surface area contributed by atoms with E-state index in [0.29, 0.717) is 11.8 Å². The molecule has 15 heavy (non-hydrogen) atoms. The molecule has 0 bridgehead atoms. The molecule has 0 heterocycles. The zero-order valence-electron chi connectivity index (χ0n) is 10.9. The van der Waals surface area contributed by atoms with Crippen LogP contribution in [-0.2, 0) is 0 Å². The fraction of sp³-hybridized carbons (Fsp3) is 0.667. The molecule has 2 atom stereocenters. The highest BCUT2D eigenvalue weighted by molar-refractivity contribution is 5.03. The third kappa shape index (κ3) is 9.78. The van der Waals surface area contributed by atoms with E-state index in [9.17, 15) is 0 Å². The van der Waals surface area contributed by atoms with Crippen molar-refractivity contribution in [2.75, 3.05) is 0 Å². The van der Waals surface area contributed by atoms with E-state index in [1.165, 1.54) is 31.3 Å². The molecule has 87 valence electrons. The van der Waals surface area contributed by atoms with Crippen LogP contribution in [0.5, 0.6) is 0 Å². The smallest absolute Gasteiger partial charge is 0.0254 e. The molecule has 0 amide bonds. The average molecular weight is 207 g/mol. The lowest BCUT2D eigenvalue weighted by Gasteiger charge is -2.11. The lowest BCUT2D eigenvalue weighted by molar-refractivity contribution is 0.541. The van der Waals surface area contributed by atoms with Crippen molar-refractivity contribution in [3.8, 4) is 0 Å². The van der Waals surface area contributed by atoms with E-state index in [1.54, 1.807) is 0 Å². The van der Waals surface area contributed by atoms with Gasteiger partial charge in [0.1, 0.15) is 0 Å². The summed E-state index contributed by atoms with van der Waals surface area (Å²) in [5, 5.41) is 0. The standard InChI is InChI=1S/C15H27/c1-6-7-8-9-10-14(4)12-15(5)11-13(2)3/h9-11,14-15H,2,6-8,12H2,1,3-5H3. The molecule has 0 rings (SSSR count). The lowest BCUT2D eigenvalue weighted by atomic mass is 9.95. The molecule has 0 aliphatic carbocycles. The second kappa shape index (κ2) is 8.76. The van der Waals surface area contributed by atoms with Gasteiger partial charge < -0.3 is 0 Å². The zero-order valence-corrected chi connectivity index (χ0v) is 10.9. The van der Waals surface area contributed by atoms with Crippen LogP contribution >= 0.6 is 0 Å². The Balaban J connectivity index is 3.77. The molecule has 0 spiro atoms. The molecule has 1 radical (unpaired) electrons. The summed E-state index contributed by atoms with van der Waals surface area (Å²) < 4.78 is 0. The van der Waals surface area contributed by atoms with Crippen molar-refractivity contribution in [3.05, 3.63) is 30.7 Å². The Morgan fingerprint density at radius 2 is 1.93 bits per heavy atom. The molecular formula is C15H27. The largest absolute Gasteiger partial charge is 0.0883 e. The van der Waals surface area contributed by atoms with Gasteiger partial charge >= 0.3 is 0 Å². The molecule has 0 N–H and O–H groups in total. The minimum absolute atomic E-state index is 0.647. The first-order chi connectivity index (χ1) is 7.06. The van der Waals surface area contributed by atoms with E-state index in [2.05, 4.69) is 52.8 Å². The summed E-state index contributed by atoms with van der Waals surface area (Å²) in [6.07, 6.45) is 12.0. The zero-order chi connectivity index (χ0) is 11.7.